The summed E-state index contributed by atoms with van der Waals surface area (Å²) in [7, 11) is 1.80. The lowest BCUT2D eigenvalue weighted by atomic mass is 9.98. The molecule has 0 bridgehead atoms. The monoisotopic (exact) mass is 352 g/mol. The highest BCUT2D eigenvalue weighted by molar-refractivity contribution is 5.96. The van der Waals surface area contributed by atoms with Crippen LogP contribution in [0, 0.1) is 11.8 Å². The predicted octanol–water partition coefficient (Wildman–Crippen LogP) is 4.85. The van der Waals surface area contributed by atoms with Crippen LogP contribution < -0.4 is 5.32 Å². The average molecular weight is 352 g/mol. The van der Waals surface area contributed by atoms with Gasteiger partial charge < -0.3 is 5.32 Å². The molecule has 0 aliphatic rings. The van der Waals surface area contributed by atoms with Crippen molar-refractivity contribution in [2.75, 3.05) is 12.4 Å². The number of fused-ring (bicyclic) bond motifs is 1. The molecule has 5 heteroatoms. The van der Waals surface area contributed by atoms with E-state index in [-0.39, 0.29) is 11.8 Å². The number of aromatic nitrogens is 3. The van der Waals surface area contributed by atoms with Crippen molar-refractivity contribution in [2.24, 2.45) is 11.8 Å². The van der Waals surface area contributed by atoms with Crippen LogP contribution in [0.2, 0.25) is 0 Å². The zero-order valence-corrected chi connectivity index (χ0v) is 16.1. The Balaban J connectivity index is 2.26. The van der Waals surface area contributed by atoms with E-state index in [2.05, 4.69) is 41.8 Å². The van der Waals surface area contributed by atoms with Gasteiger partial charge in [-0.15, -0.1) is 0 Å². The zero-order chi connectivity index (χ0) is 19.1. The van der Waals surface area contributed by atoms with Crippen LogP contribution in [0.3, 0.4) is 0 Å². The fourth-order valence-electron chi connectivity index (χ4n) is 2.81. The number of nitrogens with zero attached hydrogens (tertiary/aromatic N) is 3. The van der Waals surface area contributed by atoms with Gasteiger partial charge >= 0.3 is 0 Å². The van der Waals surface area contributed by atoms with Crippen LogP contribution in [-0.4, -0.2) is 27.5 Å². The van der Waals surface area contributed by atoms with Crippen molar-refractivity contribution >= 4 is 22.8 Å². The molecule has 0 saturated heterocycles. The maximum Gasteiger partial charge on any atom is 0.239 e. The fourth-order valence-corrected chi connectivity index (χ4v) is 2.81. The predicted molar refractivity (Wildman–Crippen MR) is 108 cm³/mol. The molecule has 1 atom stereocenters. The van der Waals surface area contributed by atoms with Gasteiger partial charge in [-0.1, -0.05) is 44.7 Å². The maximum absolute atomic E-state index is 13.0. The third kappa shape index (κ3) is 4.48. The van der Waals surface area contributed by atoms with E-state index in [1.165, 1.54) is 6.33 Å². The normalized spacial score (nSPS) is 13.5. The molecule has 2 aromatic heterocycles. The molecule has 0 aliphatic carbocycles. The van der Waals surface area contributed by atoms with Crippen LogP contribution in [-0.2, 0) is 0 Å². The minimum absolute atomic E-state index is 0.0256. The highest BCUT2D eigenvalue weighted by Gasteiger charge is 2.20. The van der Waals surface area contributed by atoms with Gasteiger partial charge in [-0.05, 0) is 37.3 Å². The van der Waals surface area contributed by atoms with E-state index >= 15 is 0 Å². The lowest BCUT2D eigenvalue weighted by Crippen LogP contribution is -2.20. The largest absolute Gasteiger partial charge is 0.372 e. The van der Waals surface area contributed by atoms with Gasteiger partial charge in [0.1, 0.15) is 12.1 Å². The van der Waals surface area contributed by atoms with Gasteiger partial charge in [-0.2, -0.15) is 0 Å². The first-order valence-corrected chi connectivity index (χ1v) is 9.02. The van der Waals surface area contributed by atoms with E-state index in [1.807, 2.05) is 25.1 Å². The van der Waals surface area contributed by atoms with Crippen molar-refractivity contribution in [3.05, 3.63) is 55.0 Å². The smallest absolute Gasteiger partial charge is 0.239 e. The first kappa shape index (κ1) is 19.6. The van der Waals surface area contributed by atoms with Gasteiger partial charge in [0, 0.05) is 13.2 Å². The molecule has 0 aromatic carbocycles. The second-order valence-electron chi connectivity index (χ2n) is 6.73. The maximum atomic E-state index is 13.0. The average Bonchev–Trinajstić information content (AvgIpc) is 3.07. The number of allylic oxidation sites excluding steroid dienone is 5. The van der Waals surface area contributed by atoms with E-state index < -0.39 is 0 Å². The second-order valence-corrected chi connectivity index (χ2v) is 6.73. The van der Waals surface area contributed by atoms with Crippen molar-refractivity contribution in [2.45, 2.75) is 33.6 Å². The Morgan fingerprint density at radius 3 is 2.77 bits per heavy atom. The zero-order valence-electron chi connectivity index (χ0n) is 16.1. The standard InChI is InChI=1S/C21H28N4O/c1-6-9-17(11-8-7-10-15(2)3)16(4)21(26)25-13-12-18-19(22-5)23-14-24-20(18)25/h6,8-9,11-16H,1,7,10H2,2-5H3,(H,22,23,24)/b11-8-,17-9+. The molecular formula is C21H28N4O. The lowest BCUT2D eigenvalue weighted by molar-refractivity contribution is 0.0871. The summed E-state index contributed by atoms with van der Waals surface area (Å²) in [6.07, 6.45) is 13.1. The molecule has 2 rings (SSSR count). The van der Waals surface area contributed by atoms with E-state index in [0.29, 0.717) is 17.4 Å². The van der Waals surface area contributed by atoms with Crippen molar-refractivity contribution in [1.82, 2.24) is 14.5 Å². The summed E-state index contributed by atoms with van der Waals surface area (Å²) in [6.45, 7) is 10.1. The number of hydrogen-bond donors (Lipinski definition) is 1. The van der Waals surface area contributed by atoms with Crippen molar-refractivity contribution in [3.63, 3.8) is 0 Å². The summed E-state index contributed by atoms with van der Waals surface area (Å²) < 4.78 is 1.60. The highest BCUT2D eigenvalue weighted by atomic mass is 16.2. The molecular weight excluding hydrogens is 324 g/mol. The third-order valence-electron chi connectivity index (χ3n) is 4.36. The summed E-state index contributed by atoms with van der Waals surface area (Å²) in [5, 5.41) is 3.86. The van der Waals surface area contributed by atoms with Crippen molar-refractivity contribution in [1.29, 1.82) is 0 Å². The van der Waals surface area contributed by atoms with Gasteiger partial charge in [0.15, 0.2) is 5.65 Å². The molecule has 5 nitrogen and oxygen atoms in total. The Labute approximate surface area is 155 Å². The minimum Gasteiger partial charge on any atom is -0.372 e. The number of nitrogens with one attached hydrogen (secondary N) is 1. The summed E-state index contributed by atoms with van der Waals surface area (Å²) >= 11 is 0. The van der Waals surface area contributed by atoms with E-state index in [4.69, 9.17) is 0 Å². The molecule has 1 N–H and O–H groups in total. The number of rotatable bonds is 8. The number of anilines is 1. The van der Waals surface area contributed by atoms with Gasteiger partial charge in [0.2, 0.25) is 5.91 Å². The summed E-state index contributed by atoms with van der Waals surface area (Å²) in [4.78, 5) is 21.5. The first-order valence-electron chi connectivity index (χ1n) is 9.02. The number of carbonyl (C=O) groups excluding carboxylic acids is 1. The van der Waals surface area contributed by atoms with Gasteiger partial charge in [-0.25, -0.2) is 9.97 Å². The summed E-state index contributed by atoms with van der Waals surface area (Å²) in [6, 6.07) is 1.86. The molecule has 1 unspecified atom stereocenters. The van der Waals surface area contributed by atoms with Gasteiger partial charge in [0.25, 0.3) is 0 Å². The Hall–Kier alpha value is -2.69. The van der Waals surface area contributed by atoms with Crippen LogP contribution in [0.1, 0.15) is 38.4 Å². The third-order valence-corrected chi connectivity index (χ3v) is 4.36. The van der Waals surface area contributed by atoms with E-state index in [9.17, 15) is 4.79 Å². The molecule has 0 amide bonds. The SMILES string of the molecule is C=C/C=C(\C=C/CCC(C)C)C(C)C(=O)n1ccc2c(NC)ncnc21. The van der Waals surface area contributed by atoms with Crippen LogP contribution in [0.25, 0.3) is 11.0 Å². The van der Waals surface area contributed by atoms with Crippen LogP contribution in [0.15, 0.2) is 55.0 Å². The molecule has 0 saturated carbocycles. The molecule has 26 heavy (non-hydrogen) atoms. The van der Waals surface area contributed by atoms with Crippen molar-refractivity contribution < 1.29 is 4.79 Å². The molecule has 0 radical (unpaired) electrons. The minimum atomic E-state index is -0.299. The second kappa shape index (κ2) is 9.13. The van der Waals surface area contributed by atoms with Gasteiger partial charge in [-0.3, -0.25) is 9.36 Å². The van der Waals surface area contributed by atoms with Crippen LogP contribution in [0.4, 0.5) is 5.82 Å². The molecule has 0 aliphatic heterocycles. The molecule has 0 fully saturated rings. The van der Waals surface area contributed by atoms with Crippen molar-refractivity contribution in [3.8, 4) is 0 Å². The number of hydrogen-bond acceptors (Lipinski definition) is 4. The summed E-state index contributed by atoms with van der Waals surface area (Å²) in [5.74, 6) is 1.05. The quantitative estimate of drug-likeness (QED) is 0.690. The summed E-state index contributed by atoms with van der Waals surface area (Å²) in [5.41, 5.74) is 1.56. The lowest BCUT2D eigenvalue weighted by Gasteiger charge is -2.13. The Morgan fingerprint density at radius 2 is 2.12 bits per heavy atom. The molecule has 138 valence electrons. The van der Waals surface area contributed by atoms with Crippen LogP contribution in [0.5, 0.6) is 0 Å². The van der Waals surface area contributed by atoms with Crippen LogP contribution >= 0.6 is 0 Å². The van der Waals surface area contributed by atoms with Gasteiger partial charge in [0.05, 0.1) is 11.3 Å². The van der Waals surface area contributed by atoms with E-state index in [1.54, 1.807) is 23.9 Å². The first-order chi connectivity index (χ1) is 12.5. The topological polar surface area (TPSA) is 59.8 Å². The molecule has 0 spiro atoms. The Morgan fingerprint density at radius 1 is 1.35 bits per heavy atom. The Bertz CT molecular complexity index is 830. The fraction of sp³-hybridized carbons (Fsp3) is 0.381. The Kier molecular flexibility index (Phi) is 6.89. The number of carbonyl (C=O) groups is 1. The highest BCUT2D eigenvalue weighted by Crippen LogP contribution is 2.23. The molecule has 2 aromatic rings. The molecule has 2 heterocycles. The van der Waals surface area contributed by atoms with E-state index in [0.717, 1.165) is 23.8 Å².